The van der Waals surface area contributed by atoms with Crippen LogP contribution < -0.4 is 10.6 Å². The molecular formula is C18H28N2O. The normalized spacial score (nSPS) is 17.4. The van der Waals surface area contributed by atoms with Gasteiger partial charge in [0.05, 0.1) is 0 Å². The van der Waals surface area contributed by atoms with Crippen LogP contribution in [0.1, 0.15) is 50.5 Å². The van der Waals surface area contributed by atoms with Gasteiger partial charge in [-0.2, -0.15) is 0 Å². The number of benzene rings is 1. The van der Waals surface area contributed by atoms with Crippen molar-refractivity contribution in [2.75, 3.05) is 19.6 Å². The molecule has 1 unspecified atom stereocenters. The molecule has 2 rings (SSSR count). The zero-order chi connectivity index (χ0) is 14.9. The maximum atomic E-state index is 11.9. The van der Waals surface area contributed by atoms with Crippen molar-refractivity contribution in [1.82, 2.24) is 10.6 Å². The van der Waals surface area contributed by atoms with Crippen molar-refractivity contribution in [3.63, 3.8) is 0 Å². The maximum Gasteiger partial charge on any atom is 0.220 e. The fraction of sp³-hybridized carbons (Fsp3) is 0.611. The quantitative estimate of drug-likeness (QED) is 0.809. The SMILES string of the molecule is CC(CCNC(=O)CCC1CCNCC1)c1ccccc1. The number of piperidine rings is 1. The molecule has 0 radical (unpaired) electrons. The van der Waals surface area contributed by atoms with Crippen LogP contribution in [0.5, 0.6) is 0 Å². The number of hydrogen-bond acceptors (Lipinski definition) is 2. The molecule has 1 amide bonds. The fourth-order valence-corrected chi connectivity index (χ4v) is 2.97. The molecule has 2 N–H and O–H groups in total. The smallest absolute Gasteiger partial charge is 0.220 e. The van der Waals surface area contributed by atoms with Crippen molar-refractivity contribution < 1.29 is 4.79 Å². The molecule has 21 heavy (non-hydrogen) atoms. The van der Waals surface area contributed by atoms with Gasteiger partial charge in [-0.25, -0.2) is 0 Å². The zero-order valence-electron chi connectivity index (χ0n) is 13.1. The Kier molecular flexibility index (Phi) is 6.74. The average molecular weight is 288 g/mol. The van der Waals surface area contributed by atoms with Gasteiger partial charge >= 0.3 is 0 Å². The van der Waals surface area contributed by atoms with E-state index in [2.05, 4.69) is 41.8 Å². The van der Waals surface area contributed by atoms with E-state index in [1.807, 2.05) is 6.07 Å². The summed E-state index contributed by atoms with van der Waals surface area (Å²) in [6, 6.07) is 10.5. The molecule has 1 saturated heterocycles. The topological polar surface area (TPSA) is 41.1 Å². The minimum absolute atomic E-state index is 0.216. The lowest BCUT2D eigenvalue weighted by molar-refractivity contribution is -0.121. The van der Waals surface area contributed by atoms with Crippen LogP contribution in [0.4, 0.5) is 0 Å². The predicted octanol–water partition coefficient (Wildman–Crippen LogP) is 3.08. The fourth-order valence-electron chi connectivity index (χ4n) is 2.97. The third kappa shape index (κ3) is 5.88. The number of carbonyl (C=O) groups is 1. The Labute approximate surface area is 128 Å². The van der Waals surface area contributed by atoms with Crippen molar-refractivity contribution >= 4 is 5.91 Å². The first-order valence-electron chi connectivity index (χ1n) is 8.28. The molecule has 0 aliphatic carbocycles. The van der Waals surface area contributed by atoms with Gasteiger partial charge in [0, 0.05) is 13.0 Å². The second kappa shape index (κ2) is 8.83. The third-order valence-electron chi connectivity index (χ3n) is 4.51. The minimum atomic E-state index is 0.216. The van der Waals surface area contributed by atoms with E-state index in [-0.39, 0.29) is 5.91 Å². The monoisotopic (exact) mass is 288 g/mol. The first-order chi connectivity index (χ1) is 10.3. The minimum Gasteiger partial charge on any atom is -0.356 e. The first-order valence-corrected chi connectivity index (χ1v) is 8.28. The van der Waals surface area contributed by atoms with Crippen LogP contribution in [0, 0.1) is 5.92 Å². The molecule has 116 valence electrons. The summed E-state index contributed by atoms with van der Waals surface area (Å²) in [6.07, 6.45) is 5.17. The number of hydrogen-bond donors (Lipinski definition) is 2. The Morgan fingerprint density at radius 2 is 2.00 bits per heavy atom. The van der Waals surface area contributed by atoms with E-state index < -0.39 is 0 Å². The van der Waals surface area contributed by atoms with Crippen LogP contribution in [0.25, 0.3) is 0 Å². The first kappa shape index (κ1) is 16.0. The summed E-state index contributed by atoms with van der Waals surface area (Å²) in [7, 11) is 0. The molecular weight excluding hydrogens is 260 g/mol. The highest BCUT2D eigenvalue weighted by atomic mass is 16.1. The van der Waals surface area contributed by atoms with E-state index in [9.17, 15) is 4.79 Å². The van der Waals surface area contributed by atoms with Gasteiger partial charge in [-0.15, -0.1) is 0 Å². The summed E-state index contributed by atoms with van der Waals surface area (Å²) >= 11 is 0. The van der Waals surface area contributed by atoms with Crippen molar-refractivity contribution in [2.45, 2.75) is 44.9 Å². The standard InChI is InChI=1S/C18H28N2O/c1-15(17-5-3-2-4-6-17)9-14-20-18(21)8-7-16-10-12-19-13-11-16/h2-6,15-16,19H,7-14H2,1H3,(H,20,21). The summed E-state index contributed by atoms with van der Waals surface area (Å²) in [5, 5.41) is 6.43. The molecule has 1 fully saturated rings. The number of nitrogens with one attached hydrogen (secondary N) is 2. The molecule has 1 aliphatic heterocycles. The van der Waals surface area contributed by atoms with Crippen molar-refractivity contribution in [3.05, 3.63) is 35.9 Å². The lowest BCUT2D eigenvalue weighted by Gasteiger charge is -2.22. The zero-order valence-corrected chi connectivity index (χ0v) is 13.1. The Morgan fingerprint density at radius 1 is 1.29 bits per heavy atom. The van der Waals surface area contributed by atoms with Crippen LogP contribution in [0.15, 0.2) is 30.3 Å². The lowest BCUT2D eigenvalue weighted by Crippen LogP contribution is -2.30. The van der Waals surface area contributed by atoms with Crippen LogP contribution >= 0.6 is 0 Å². The molecule has 0 bridgehead atoms. The maximum absolute atomic E-state index is 11.9. The lowest BCUT2D eigenvalue weighted by atomic mass is 9.93. The molecule has 1 heterocycles. The van der Waals surface area contributed by atoms with Gasteiger partial charge in [-0.3, -0.25) is 4.79 Å². The van der Waals surface area contributed by atoms with Crippen LogP contribution in [-0.4, -0.2) is 25.5 Å². The van der Waals surface area contributed by atoms with Crippen LogP contribution in [0.2, 0.25) is 0 Å². The van der Waals surface area contributed by atoms with Crippen LogP contribution in [-0.2, 0) is 4.79 Å². The van der Waals surface area contributed by atoms with Gasteiger partial charge in [0.15, 0.2) is 0 Å². The van der Waals surface area contributed by atoms with Gasteiger partial charge < -0.3 is 10.6 Å². The molecule has 3 heteroatoms. The van der Waals surface area contributed by atoms with Gasteiger partial charge in [-0.05, 0) is 56.2 Å². The summed E-state index contributed by atoms with van der Waals surface area (Å²) in [4.78, 5) is 11.9. The Morgan fingerprint density at radius 3 is 2.71 bits per heavy atom. The largest absolute Gasteiger partial charge is 0.356 e. The van der Waals surface area contributed by atoms with E-state index in [1.54, 1.807) is 0 Å². The van der Waals surface area contributed by atoms with Crippen LogP contribution in [0.3, 0.4) is 0 Å². The van der Waals surface area contributed by atoms with Crippen molar-refractivity contribution in [1.29, 1.82) is 0 Å². The number of amides is 1. The van der Waals surface area contributed by atoms with Gasteiger partial charge in [-0.1, -0.05) is 37.3 Å². The van der Waals surface area contributed by atoms with Gasteiger partial charge in [0.1, 0.15) is 0 Å². The highest BCUT2D eigenvalue weighted by Gasteiger charge is 2.14. The average Bonchev–Trinajstić information content (AvgIpc) is 2.54. The molecule has 1 aliphatic rings. The summed E-state index contributed by atoms with van der Waals surface area (Å²) in [5.41, 5.74) is 1.35. The van der Waals surface area contributed by atoms with E-state index in [1.165, 1.54) is 18.4 Å². The second-order valence-electron chi connectivity index (χ2n) is 6.18. The summed E-state index contributed by atoms with van der Waals surface area (Å²) in [6.45, 7) is 5.22. The Balaban J connectivity index is 1.58. The summed E-state index contributed by atoms with van der Waals surface area (Å²) in [5.74, 6) is 1.45. The molecule has 1 aromatic carbocycles. The predicted molar refractivity (Wildman–Crippen MR) is 87.3 cm³/mol. The van der Waals surface area contributed by atoms with E-state index >= 15 is 0 Å². The number of rotatable bonds is 7. The van der Waals surface area contributed by atoms with Gasteiger partial charge in [0.2, 0.25) is 5.91 Å². The summed E-state index contributed by atoms with van der Waals surface area (Å²) < 4.78 is 0. The Hall–Kier alpha value is -1.35. The molecule has 0 saturated carbocycles. The van der Waals surface area contributed by atoms with E-state index in [0.29, 0.717) is 12.3 Å². The molecule has 1 aromatic rings. The highest BCUT2D eigenvalue weighted by Crippen LogP contribution is 2.18. The van der Waals surface area contributed by atoms with E-state index in [0.717, 1.165) is 38.4 Å². The molecule has 0 spiro atoms. The highest BCUT2D eigenvalue weighted by molar-refractivity contribution is 5.75. The third-order valence-corrected chi connectivity index (χ3v) is 4.51. The van der Waals surface area contributed by atoms with E-state index in [4.69, 9.17) is 0 Å². The van der Waals surface area contributed by atoms with Crippen molar-refractivity contribution in [2.24, 2.45) is 5.92 Å². The number of carbonyl (C=O) groups excluding carboxylic acids is 1. The van der Waals surface area contributed by atoms with Gasteiger partial charge in [0.25, 0.3) is 0 Å². The van der Waals surface area contributed by atoms with Crippen molar-refractivity contribution in [3.8, 4) is 0 Å². The molecule has 1 atom stereocenters. The second-order valence-corrected chi connectivity index (χ2v) is 6.18. The molecule has 0 aromatic heterocycles. The molecule has 3 nitrogen and oxygen atoms in total. The Bertz CT molecular complexity index is 412.